The molecule has 3 aliphatic rings. The number of nitrogens with zero attached hydrogens (tertiary/aromatic N) is 3. The average Bonchev–Trinajstić information content (AvgIpc) is 3.63. The van der Waals surface area contributed by atoms with Crippen LogP contribution in [0.4, 0.5) is 0 Å². The van der Waals surface area contributed by atoms with Crippen molar-refractivity contribution in [3.8, 4) is 11.3 Å². The third kappa shape index (κ3) is 4.36. The average molecular weight is 430 g/mol. The molecule has 3 aliphatic heterocycles. The Morgan fingerprint density at radius 1 is 0.727 bits per heavy atom. The van der Waals surface area contributed by atoms with Crippen molar-refractivity contribution in [2.24, 2.45) is 15.0 Å². The Morgan fingerprint density at radius 3 is 2.18 bits per heavy atom. The van der Waals surface area contributed by atoms with Gasteiger partial charge in [-0.05, 0) is 66.8 Å². The number of aliphatic imine (C=N–C) groups is 3. The molecule has 2 aromatic rings. The fourth-order valence-electron chi connectivity index (χ4n) is 3.68. The largest absolute Gasteiger partial charge is 0.355 e. The molecule has 0 unspecified atom stereocenters. The predicted molar refractivity (Wildman–Crippen MR) is 132 cm³/mol. The Balaban J connectivity index is 1.34. The molecule has 158 valence electrons. The van der Waals surface area contributed by atoms with Crippen LogP contribution in [0, 0.1) is 0 Å². The van der Waals surface area contributed by atoms with Gasteiger partial charge in [-0.1, -0.05) is 18.2 Å². The summed E-state index contributed by atoms with van der Waals surface area (Å²) in [5.41, 5.74) is 7.20. The number of aromatic amines is 1. The number of carbonyl (C=O) groups excluding carboxylic acids is 2. The molecule has 6 nitrogen and oxygen atoms in total. The van der Waals surface area contributed by atoms with E-state index in [-0.39, 0.29) is 0 Å². The quantitative estimate of drug-likeness (QED) is 0.648. The van der Waals surface area contributed by atoms with E-state index in [9.17, 15) is 9.59 Å². The van der Waals surface area contributed by atoms with Crippen LogP contribution in [0.15, 0.2) is 111 Å². The van der Waals surface area contributed by atoms with Gasteiger partial charge in [-0.3, -0.25) is 14.6 Å². The van der Waals surface area contributed by atoms with E-state index < -0.39 is 0 Å². The Kier molecular flexibility index (Phi) is 5.39. The lowest BCUT2D eigenvalue weighted by atomic mass is 10.0. The lowest BCUT2D eigenvalue weighted by Crippen LogP contribution is -1.94. The molecule has 1 aromatic heterocycles. The number of allylic oxidation sites excluding steroid dienone is 8. The van der Waals surface area contributed by atoms with Crippen LogP contribution in [-0.4, -0.2) is 35.2 Å². The van der Waals surface area contributed by atoms with Crippen LogP contribution < -0.4 is 0 Å². The Labute approximate surface area is 190 Å². The molecule has 1 N–H and O–H groups in total. The van der Waals surface area contributed by atoms with Gasteiger partial charge in [-0.25, -0.2) is 9.98 Å². The minimum atomic E-state index is 0.369. The standard InChI is InChI=1S/C27H18N4O2/c32-16-18-3-1-5-25(26(18)17-33)27-11-10-24(31-27)15-23-9-8-22(30-23)14-21-7-6-20(29-21)13-19-4-2-12-28-19/h1-17,31H. The van der Waals surface area contributed by atoms with Gasteiger partial charge in [0.2, 0.25) is 0 Å². The minimum Gasteiger partial charge on any atom is -0.355 e. The lowest BCUT2D eigenvalue weighted by molar-refractivity contribution is 0.109. The van der Waals surface area contributed by atoms with Crippen LogP contribution in [0.3, 0.4) is 0 Å². The molecular formula is C27H18N4O2. The Bertz CT molecular complexity index is 1420. The van der Waals surface area contributed by atoms with Gasteiger partial charge in [-0.2, -0.15) is 0 Å². The van der Waals surface area contributed by atoms with Crippen molar-refractivity contribution >= 4 is 36.3 Å². The second kappa shape index (κ2) is 8.80. The van der Waals surface area contributed by atoms with Gasteiger partial charge < -0.3 is 4.98 Å². The first-order valence-corrected chi connectivity index (χ1v) is 10.3. The predicted octanol–water partition coefficient (Wildman–Crippen LogP) is 5.08. The zero-order chi connectivity index (χ0) is 22.6. The number of aromatic nitrogens is 1. The number of aldehydes is 2. The molecule has 1 aromatic carbocycles. The molecule has 5 rings (SSSR count). The topological polar surface area (TPSA) is 87.0 Å². The summed E-state index contributed by atoms with van der Waals surface area (Å²) in [5.74, 6) is 0. The van der Waals surface area contributed by atoms with E-state index in [4.69, 9.17) is 0 Å². The van der Waals surface area contributed by atoms with Gasteiger partial charge in [0.25, 0.3) is 0 Å². The van der Waals surface area contributed by atoms with Crippen molar-refractivity contribution in [2.45, 2.75) is 0 Å². The molecule has 0 aliphatic carbocycles. The van der Waals surface area contributed by atoms with Gasteiger partial charge in [0, 0.05) is 34.3 Å². The lowest BCUT2D eigenvalue weighted by Gasteiger charge is -2.04. The van der Waals surface area contributed by atoms with Crippen LogP contribution in [-0.2, 0) is 0 Å². The van der Waals surface area contributed by atoms with Crippen molar-refractivity contribution in [1.82, 2.24) is 4.98 Å². The number of nitrogens with one attached hydrogen (secondary N) is 1. The SMILES string of the molecule is O=Cc1cccc(-c2ccc(C=C3C=CC(C=C4C=CC(C=C5C=CC=N5)=N4)=N3)[nH]2)c1C=O. The van der Waals surface area contributed by atoms with Crippen molar-refractivity contribution in [1.29, 1.82) is 0 Å². The normalized spacial score (nSPS) is 19.8. The number of carbonyl (C=O) groups is 2. The second-order valence-electron chi connectivity index (χ2n) is 7.46. The van der Waals surface area contributed by atoms with Crippen LogP contribution in [0.2, 0.25) is 0 Å². The zero-order valence-corrected chi connectivity index (χ0v) is 17.5. The first kappa shape index (κ1) is 20.2. The third-order valence-corrected chi connectivity index (χ3v) is 5.22. The number of H-pyrrole nitrogens is 1. The van der Waals surface area contributed by atoms with Gasteiger partial charge in [0.15, 0.2) is 12.6 Å². The molecule has 33 heavy (non-hydrogen) atoms. The molecule has 0 spiro atoms. The maximum atomic E-state index is 11.5. The first-order chi connectivity index (χ1) is 16.2. The number of hydrogen-bond donors (Lipinski definition) is 1. The minimum absolute atomic E-state index is 0.369. The molecular weight excluding hydrogens is 412 g/mol. The maximum absolute atomic E-state index is 11.5. The van der Waals surface area contributed by atoms with Gasteiger partial charge in [-0.15, -0.1) is 0 Å². The summed E-state index contributed by atoms with van der Waals surface area (Å²) in [6.45, 7) is 0. The maximum Gasteiger partial charge on any atom is 0.151 e. The van der Waals surface area contributed by atoms with Gasteiger partial charge >= 0.3 is 0 Å². The van der Waals surface area contributed by atoms with Crippen LogP contribution >= 0.6 is 0 Å². The van der Waals surface area contributed by atoms with E-state index in [1.807, 2.05) is 72.9 Å². The monoisotopic (exact) mass is 430 g/mol. The van der Waals surface area contributed by atoms with Crippen molar-refractivity contribution in [3.63, 3.8) is 0 Å². The molecule has 0 atom stereocenters. The van der Waals surface area contributed by atoms with Gasteiger partial charge in [0.05, 0.1) is 28.5 Å². The van der Waals surface area contributed by atoms with E-state index in [0.29, 0.717) is 29.3 Å². The fourth-order valence-corrected chi connectivity index (χ4v) is 3.68. The van der Waals surface area contributed by atoms with E-state index in [2.05, 4.69) is 20.0 Å². The summed E-state index contributed by atoms with van der Waals surface area (Å²) >= 11 is 0. The zero-order valence-electron chi connectivity index (χ0n) is 17.5. The van der Waals surface area contributed by atoms with Crippen molar-refractivity contribution in [3.05, 3.63) is 113 Å². The summed E-state index contributed by atoms with van der Waals surface area (Å²) in [7, 11) is 0. The Hall–Kier alpha value is -4.71. The summed E-state index contributed by atoms with van der Waals surface area (Å²) in [6, 6.07) is 8.99. The summed E-state index contributed by atoms with van der Waals surface area (Å²) in [5, 5.41) is 0. The summed E-state index contributed by atoms with van der Waals surface area (Å²) in [4.78, 5) is 39.5. The summed E-state index contributed by atoms with van der Waals surface area (Å²) < 4.78 is 0. The highest BCUT2D eigenvalue weighted by Gasteiger charge is 2.11. The number of rotatable bonds is 6. The smallest absolute Gasteiger partial charge is 0.151 e. The Morgan fingerprint density at radius 2 is 1.48 bits per heavy atom. The fraction of sp³-hybridized carbons (Fsp3) is 0. The van der Waals surface area contributed by atoms with Gasteiger partial charge in [0.1, 0.15) is 0 Å². The highest BCUT2D eigenvalue weighted by atomic mass is 16.1. The van der Waals surface area contributed by atoms with Crippen molar-refractivity contribution < 1.29 is 9.59 Å². The number of hydrogen-bond acceptors (Lipinski definition) is 5. The van der Waals surface area contributed by atoms with Crippen LogP contribution in [0.5, 0.6) is 0 Å². The molecule has 0 saturated carbocycles. The molecule has 4 heterocycles. The molecule has 6 heteroatoms. The van der Waals surface area contributed by atoms with Crippen molar-refractivity contribution in [2.75, 3.05) is 0 Å². The highest BCUT2D eigenvalue weighted by Crippen LogP contribution is 2.25. The van der Waals surface area contributed by atoms with E-state index in [0.717, 1.165) is 39.9 Å². The van der Waals surface area contributed by atoms with E-state index >= 15 is 0 Å². The summed E-state index contributed by atoms with van der Waals surface area (Å²) in [6.07, 6.45) is 20.5. The molecule has 0 fully saturated rings. The molecule has 0 bridgehead atoms. The highest BCUT2D eigenvalue weighted by molar-refractivity contribution is 6.11. The van der Waals surface area contributed by atoms with E-state index in [1.54, 1.807) is 18.3 Å². The van der Waals surface area contributed by atoms with Crippen LogP contribution in [0.1, 0.15) is 26.4 Å². The number of benzene rings is 1. The molecule has 0 saturated heterocycles. The second-order valence-corrected chi connectivity index (χ2v) is 7.46. The molecule has 0 radical (unpaired) electrons. The third-order valence-electron chi connectivity index (χ3n) is 5.22. The van der Waals surface area contributed by atoms with Crippen LogP contribution in [0.25, 0.3) is 17.3 Å². The first-order valence-electron chi connectivity index (χ1n) is 10.3. The molecule has 0 amide bonds. The van der Waals surface area contributed by atoms with E-state index in [1.165, 1.54) is 0 Å².